The van der Waals surface area contributed by atoms with Crippen LogP contribution in [0.15, 0.2) is 51.4 Å². The maximum atomic E-state index is 12.5. The van der Waals surface area contributed by atoms with Crippen LogP contribution in [-0.4, -0.2) is 27.0 Å². The predicted molar refractivity (Wildman–Crippen MR) is 120 cm³/mol. The van der Waals surface area contributed by atoms with Gasteiger partial charge in [0.2, 0.25) is 5.89 Å². The number of anilines is 1. The van der Waals surface area contributed by atoms with Crippen molar-refractivity contribution in [3.05, 3.63) is 65.5 Å². The highest BCUT2D eigenvalue weighted by molar-refractivity contribution is 8.00. The van der Waals surface area contributed by atoms with Gasteiger partial charge in [-0.2, -0.15) is 0 Å². The molecule has 0 spiro atoms. The van der Waals surface area contributed by atoms with Gasteiger partial charge in [0.25, 0.3) is 11.8 Å². The average molecular weight is 459 g/mol. The van der Waals surface area contributed by atoms with E-state index < -0.39 is 5.91 Å². The zero-order valence-electron chi connectivity index (χ0n) is 17.2. The number of benzene rings is 1. The number of hydrogen-bond acceptors (Lipinski definition) is 8. The molecule has 0 radical (unpaired) electrons. The molecule has 0 aliphatic carbocycles. The largest absolute Gasteiger partial charge is 0.444 e. The molecule has 2 aromatic heterocycles. The summed E-state index contributed by atoms with van der Waals surface area (Å²) in [5.41, 5.74) is 2.49. The van der Waals surface area contributed by atoms with Gasteiger partial charge in [-0.15, -0.1) is 11.8 Å². The third-order valence-electron chi connectivity index (χ3n) is 4.02. The minimum absolute atomic E-state index is 0.0871. The van der Waals surface area contributed by atoms with Crippen molar-refractivity contribution in [1.82, 2.24) is 15.4 Å². The van der Waals surface area contributed by atoms with Crippen molar-refractivity contribution in [2.24, 2.45) is 0 Å². The van der Waals surface area contributed by atoms with Crippen LogP contribution in [0.5, 0.6) is 0 Å². The maximum absolute atomic E-state index is 12.5. The average Bonchev–Trinajstić information content (AvgIpc) is 3.40. The zero-order valence-corrected chi connectivity index (χ0v) is 18.8. The summed E-state index contributed by atoms with van der Waals surface area (Å²) in [6.07, 6.45) is 6.12. The van der Waals surface area contributed by atoms with Gasteiger partial charge < -0.3 is 4.42 Å². The lowest BCUT2D eigenvalue weighted by Crippen LogP contribution is -2.14. The van der Waals surface area contributed by atoms with Crippen LogP contribution in [0.25, 0.3) is 6.08 Å². The molecule has 3 rings (SSSR count). The number of thioether (sulfide) groups is 1. The fourth-order valence-electron chi connectivity index (χ4n) is 2.40. The second kappa shape index (κ2) is 9.90. The Labute approximate surface area is 187 Å². The van der Waals surface area contributed by atoms with E-state index in [0.29, 0.717) is 27.9 Å². The SMILES string of the molecule is CC(C)(C)c1cnc(CSc2cnc(NC(=O)c3cccc(C=CC(=O)NO)c3)s2)o1. The topological polar surface area (TPSA) is 117 Å². The molecule has 0 unspecified atom stereocenters. The maximum Gasteiger partial charge on any atom is 0.267 e. The van der Waals surface area contributed by atoms with Crippen molar-refractivity contribution in [3.63, 3.8) is 0 Å². The first-order valence-corrected chi connectivity index (χ1v) is 11.1. The molecule has 0 aliphatic rings. The van der Waals surface area contributed by atoms with Crippen LogP contribution in [0.3, 0.4) is 0 Å². The Balaban J connectivity index is 1.58. The van der Waals surface area contributed by atoms with Crippen LogP contribution in [0.2, 0.25) is 0 Å². The monoisotopic (exact) mass is 458 g/mol. The smallest absolute Gasteiger partial charge is 0.267 e. The minimum Gasteiger partial charge on any atom is -0.444 e. The first kappa shape index (κ1) is 22.7. The van der Waals surface area contributed by atoms with Crippen LogP contribution in [0, 0.1) is 0 Å². The standard InChI is InChI=1S/C21H22N4O4S2/c1-21(2,3)15-10-22-17(29-15)12-30-18-11-23-20(31-18)24-19(27)14-6-4-5-13(9-14)7-8-16(26)25-28/h4-11,28H,12H2,1-3H3,(H,25,26)(H,23,24,27). The summed E-state index contributed by atoms with van der Waals surface area (Å²) < 4.78 is 6.72. The molecule has 0 saturated heterocycles. The number of hydrogen-bond donors (Lipinski definition) is 3. The predicted octanol–water partition coefficient (Wildman–Crippen LogP) is 4.49. The lowest BCUT2D eigenvalue weighted by Gasteiger charge is -2.12. The van der Waals surface area contributed by atoms with Crippen molar-refractivity contribution in [3.8, 4) is 0 Å². The number of carbonyl (C=O) groups excluding carboxylic acids is 2. The molecule has 31 heavy (non-hydrogen) atoms. The highest BCUT2D eigenvalue weighted by Gasteiger charge is 2.19. The summed E-state index contributed by atoms with van der Waals surface area (Å²) in [5, 5.41) is 11.8. The number of nitrogens with one attached hydrogen (secondary N) is 2. The second-order valence-corrected chi connectivity index (χ2v) is 9.84. The molecule has 0 saturated carbocycles. The highest BCUT2D eigenvalue weighted by Crippen LogP contribution is 2.32. The molecular weight excluding hydrogens is 436 g/mol. The lowest BCUT2D eigenvalue weighted by molar-refractivity contribution is -0.124. The van der Waals surface area contributed by atoms with Crippen molar-refractivity contribution in [2.45, 2.75) is 36.1 Å². The second-order valence-electron chi connectivity index (χ2n) is 7.53. The molecule has 1 aromatic carbocycles. The van der Waals surface area contributed by atoms with E-state index >= 15 is 0 Å². The third-order valence-corrected chi connectivity index (χ3v) is 6.11. The van der Waals surface area contributed by atoms with E-state index in [9.17, 15) is 9.59 Å². The Morgan fingerprint density at radius 1 is 1.26 bits per heavy atom. The molecular formula is C21H22N4O4S2. The minimum atomic E-state index is -0.651. The number of amides is 2. The molecule has 0 aliphatic heterocycles. The van der Waals surface area contributed by atoms with Crippen LogP contribution in [0.1, 0.15) is 48.3 Å². The fraction of sp³-hybridized carbons (Fsp3) is 0.238. The van der Waals surface area contributed by atoms with E-state index in [1.165, 1.54) is 40.7 Å². The summed E-state index contributed by atoms with van der Waals surface area (Å²) in [7, 11) is 0. The van der Waals surface area contributed by atoms with Gasteiger partial charge in [0.15, 0.2) is 5.13 Å². The number of thiazole rings is 1. The summed E-state index contributed by atoms with van der Waals surface area (Å²) in [6.45, 7) is 6.21. The van der Waals surface area contributed by atoms with E-state index in [1.54, 1.807) is 36.7 Å². The van der Waals surface area contributed by atoms with Crippen molar-refractivity contribution < 1.29 is 19.2 Å². The molecule has 3 aromatic rings. The Hall–Kier alpha value is -2.95. The molecule has 8 nitrogen and oxygen atoms in total. The number of nitrogens with zero attached hydrogens (tertiary/aromatic N) is 2. The fourth-order valence-corrected chi connectivity index (χ4v) is 4.12. The molecule has 10 heteroatoms. The van der Waals surface area contributed by atoms with E-state index in [4.69, 9.17) is 9.62 Å². The number of carbonyl (C=O) groups is 2. The normalized spacial score (nSPS) is 11.6. The number of hydroxylamine groups is 1. The number of rotatable bonds is 7. The third kappa shape index (κ3) is 6.51. The molecule has 2 amide bonds. The van der Waals surface area contributed by atoms with Gasteiger partial charge in [0.1, 0.15) is 5.76 Å². The lowest BCUT2D eigenvalue weighted by atomic mass is 9.94. The molecule has 3 N–H and O–H groups in total. The van der Waals surface area contributed by atoms with Gasteiger partial charge in [-0.3, -0.25) is 20.1 Å². The first-order valence-electron chi connectivity index (χ1n) is 9.32. The molecule has 0 bridgehead atoms. The van der Waals surface area contributed by atoms with E-state index in [-0.39, 0.29) is 11.3 Å². The first-order chi connectivity index (χ1) is 14.7. The van der Waals surface area contributed by atoms with Crippen molar-refractivity contribution in [1.29, 1.82) is 0 Å². The van der Waals surface area contributed by atoms with E-state index in [1.807, 2.05) is 0 Å². The van der Waals surface area contributed by atoms with Gasteiger partial charge in [-0.25, -0.2) is 15.4 Å². The Kier molecular flexibility index (Phi) is 7.26. The quantitative estimate of drug-likeness (QED) is 0.207. The summed E-state index contributed by atoms with van der Waals surface area (Å²) in [6, 6.07) is 6.74. The molecule has 162 valence electrons. The van der Waals surface area contributed by atoms with Gasteiger partial charge in [-0.05, 0) is 23.8 Å². The Bertz CT molecular complexity index is 1100. The van der Waals surface area contributed by atoms with Gasteiger partial charge in [0.05, 0.1) is 22.4 Å². The van der Waals surface area contributed by atoms with Crippen LogP contribution >= 0.6 is 23.1 Å². The summed E-state index contributed by atoms with van der Waals surface area (Å²) in [5.74, 6) is 1.10. The van der Waals surface area contributed by atoms with Crippen molar-refractivity contribution in [2.75, 3.05) is 5.32 Å². The number of aromatic nitrogens is 2. The molecule has 2 heterocycles. The Morgan fingerprint density at radius 3 is 2.77 bits per heavy atom. The summed E-state index contributed by atoms with van der Waals surface area (Å²) in [4.78, 5) is 32.2. The van der Waals surface area contributed by atoms with E-state index in [2.05, 4.69) is 36.1 Å². The molecule has 0 atom stereocenters. The van der Waals surface area contributed by atoms with Crippen molar-refractivity contribution >= 4 is 46.1 Å². The van der Waals surface area contributed by atoms with Crippen LogP contribution in [-0.2, 0) is 16.0 Å². The van der Waals surface area contributed by atoms with Crippen LogP contribution < -0.4 is 10.8 Å². The number of oxazole rings is 1. The Morgan fingerprint density at radius 2 is 2.06 bits per heavy atom. The van der Waals surface area contributed by atoms with Gasteiger partial charge in [0, 0.05) is 17.1 Å². The summed E-state index contributed by atoms with van der Waals surface area (Å²) >= 11 is 2.90. The van der Waals surface area contributed by atoms with Gasteiger partial charge >= 0.3 is 0 Å². The zero-order chi connectivity index (χ0) is 22.4. The highest BCUT2D eigenvalue weighted by atomic mass is 32.2. The van der Waals surface area contributed by atoms with Gasteiger partial charge in [-0.1, -0.05) is 44.2 Å². The van der Waals surface area contributed by atoms with Crippen LogP contribution in [0.4, 0.5) is 5.13 Å². The van der Waals surface area contributed by atoms with E-state index in [0.717, 1.165) is 9.97 Å². The molecule has 0 fully saturated rings.